The lowest BCUT2D eigenvalue weighted by Gasteiger charge is -2.16. The Morgan fingerprint density at radius 2 is 1.93 bits per heavy atom. The van der Waals surface area contributed by atoms with E-state index in [0.29, 0.717) is 13.0 Å². The number of carbonyl (C=O) groups excluding carboxylic acids is 1. The molecule has 1 aromatic heterocycles. The molecule has 5 nitrogen and oxygen atoms in total. The van der Waals surface area contributed by atoms with Crippen molar-refractivity contribution in [3.05, 3.63) is 90.0 Å². The number of methoxy groups -OCH3 is 1. The normalized spacial score (nSPS) is 13.2. The molecular weight excluding hydrogens is 376 g/mol. The van der Waals surface area contributed by atoms with Crippen LogP contribution in [-0.4, -0.2) is 29.1 Å². The first-order valence-corrected chi connectivity index (χ1v) is 10.00. The highest BCUT2D eigenvalue weighted by Gasteiger charge is 2.16. The van der Waals surface area contributed by atoms with E-state index in [2.05, 4.69) is 4.98 Å². The van der Waals surface area contributed by atoms with Gasteiger partial charge >= 0.3 is 0 Å². The van der Waals surface area contributed by atoms with Crippen molar-refractivity contribution in [1.82, 2.24) is 9.55 Å². The van der Waals surface area contributed by atoms with Gasteiger partial charge in [-0.05, 0) is 59.0 Å². The van der Waals surface area contributed by atoms with E-state index in [1.54, 1.807) is 25.7 Å². The first-order chi connectivity index (χ1) is 14.7. The molecule has 0 fully saturated rings. The van der Waals surface area contributed by atoms with Gasteiger partial charge < -0.3 is 14.0 Å². The van der Waals surface area contributed by atoms with Gasteiger partial charge in [-0.3, -0.25) is 4.79 Å². The molecule has 152 valence electrons. The predicted octanol–water partition coefficient (Wildman–Crippen LogP) is 4.58. The van der Waals surface area contributed by atoms with Crippen molar-refractivity contribution < 1.29 is 14.3 Å². The van der Waals surface area contributed by atoms with Crippen molar-refractivity contribution in [1.29, 1.82) is 0 Å². The molecule has 0 spiro atoms. The summed E-state index contributed by atoms with van der Waals surface area (Å²) < 4.78 is 13.1. The number of allylic oxidation sites excluding steroid dienone is 3. The molecule has 5 heteroatoms. The number of rotatable bonds is 8. The minimum Gasteiger partial charge on any atom is -0.497 e. The summed E-state index contributed by atoms with van der Waals surface area (Å²) in [6, 6.07) is 13.8. The second kappa shape index (κ2) is 9.27. The van der Waals surface area contributed by atoms with E-state index in [1.165, 1.54) is 0 Å². The lowest BCUT2D eigenvalue weighted by Crippen LogP contribution is -2.09. The third kappa shape index (κ3) is 4.87. The number of fused-ring (bicyclic) bond motifs is 1. The Morgan fingerprint density at radius 1 is 1.10 bits per heavy atom. The fraction of sp³-hybridized carbons (Fsp3) is 0.200. The van der Waals surface area contributed by atoms with Crippen molar-refractivity contribution in [2.45, 2.75) is 19.4 Å². The van der Waals surface area contributed by atoms with Gasteiger partial charge in [-0.15, -0.1) is 0 Å². The van der Waals surface area contributed by atoms with E-state index in [0.717, 1.165) is 46.7 Å². The average Bonchev–Trinajstić information content (AvgIpc) is 3.28. The molecule has 0 amide bonds. The zero-order valence-corrected chi connectivity index (χ0v) is 17.0. The maximum atomic E-state index is 12.3. The third-order valence-electron chi connectivity index (χ3n) is 5.03. The molecule has 0 bridgehead atoms. The monoisotopic (exact) mass is 400 g/mol. The highest BCUT2D eigenvalue weighted by Crippen LogP contribution is 2.30. The molecule has 0 N–H and O–H groups in total. The van der Waals surface area contributed by atoms with Crippen LogP contribution >= 0.6 is 0 Å². The largest absolute Gasteiger partial charge is 0.497 e. The molecule has 0 saturated carbocycles. The number of benzene rings is 2. The summed E-state index contributed by atoms with van der Waals surface area (Å²) in [5.41, 5.74) is 4.05. The SMILES string of the molecule is COc1ccc(C=CC2=CC(=O)Cc3cc(OCCCn4ccnc4)ccc32)cc1. The molecule has 0 saturated heterocycles. The summed E-state index contributed by atoms with van der Waals surface area (Å²) in [5.74, 6) is 1.73. The molecule has 1 aliphatic rings. The van der Waals surface area contributed by atoms with Crippen LogP contribution in [0, 0.1) is 0 Å². The van der Waals surface area contributed by atoms with E-state index >= 15 is 0 Å². The quantitative estimate of drug-likeness (QED) is 0.519. The molecule has 0 unspecified atom stereocenters. The van der Waals surface area contributed by atoms with Crippen molar-refractivity contribution >= 4 is 17.4 Å². The molecule has 3 aromatic rings. The summed E-state index contributed by atoms with van der Waals surface area (Å²) in [7, 11) is 1.65. The summed E-state index contributed by atoms with van der Waals surface area (Å²) in [5, 5.41) is 0. The molecular formula is C25H24N2O3. The summed E-state index contributed by atoms with van der Waals surface area (Å²) in [6.07, 6.45) is 12.5. The van der Waals surface area contributed by atoms with Crippen LogP contribution in [-0.2, 0) is 17.8 Å². The van der Waals surface area contributed by atoms with Crippen LogP contribution in [0.5, 0.6) is 11.5 Å². The van der Waals surface area contributed by atoms with Gasteiger partial charge in [-0.2, -0.15) is 0 Å². The Balaban J connectivity index is 1.42. The average molecular weight is 400 g/mol. The maximum absolute atomic E-state index is 12.3. The molecule has 30 heavy (non-hydrogen) atoms. The van der Waals surface area contributed by atoms with Crippen LogP contribution in [0.25, 0.3) is 11.6 Å². The molecule has 0 atom stereocenters. The van der Waals surface area contributed by atoms with Gasteiger partial charge in [-0.25, -0.2) is 4.98 Å². The third-order valence-corrected chi connectivity index (χ3v) is 5.03. The minimum absolute atomic E-state index is 0.106. The van der Waals surface area contributed by atoms with Gasteiger partial charge in [-0.1, -0.05) is 30.4 Å². The second-order valence-electron chi connectivity index (χ2n) is 7.17. The zero-order valence-electron chi connectivity index (χ0n) is 17.0. The Kier molecular flexibility index (Phi) is 6.09. The Labute approximate surface area is 176 Å². The first kappa shape index (κ1) is 19.7. The zero-order chi connectivity index (χ0) is 20.8. The Bertz CT molecular complexity index is 1060. The fourth-order valence-electron chi connectivity index (χ4n) is 3.47. The van der Waals surface area contributed by atoms with Gasteiger partial charge in [0, 0.05) is 25.4 Å². The van der Waals surface area contributed by atoms with Gasteiger partial charge in [0.2, 0.25) is 0 Å². The lowest BCUT2D eigenvalue weighted by molar-refractivity contribution is -0.114. The minimum atomic E-state index is 0.106. The van der Waals surface area contributed by atoms with Crippen molar-refractivity contribution in [3.63, 3.8) is 0 Å². The number of nitrogens with zero attached hydrogens (tertiary/aromatic N) is 2. The fourth-order valence-corrected chi connectivity index (χ4v) is 3.47. The number of aryl methyl sites for hydroxylation is 1. The smallest absolute Gasteiger partial charge is 0.160 e. The van der Waals surface area contributed by atoms with Crippen LogP contribution < -0.4 is 9.47 Å². The maximum Gasteiger partial charge on any atom is 0.160 e. The number of aromatic nitrogens is 2. The number of hydrogen-bond donors (Lipinski definition) is 0. The van der Waals surface area contributed by atoms with Crippen LogP contribution in [0.1, 0.15) is 23.1 Å². The molecule has 0 aliphatic heterocycles. The van der Waals surface area contributed by atoms with Crippen LogP contribution in [0.15, 0.2) is 73.3 Å². The molecule has 2 aromatic carbocycles. The topological polar surface area (TPSA) is 53.4 Å². The second-order valence-corrected chi connectivity index (χ2v) is 7.17. The van der Waals surface area contributed by atoms with E-state index in [-0.39, 0.29) is 5.78 Å². The van der Waals surface area contributed by atoms with E-state index in [1.807, 2.05) is 65.4 Å². The number of ether oxygens (including phenoxy) is 2. The molecule has 1 aliphatic carbocycles. The number of imidazole rings is 1. The van der Waals surface area contributed by atoms with Crippen LogP contribution in [0.4, 0.5) is 0 Å². The predicted molar refractivity (Wildman–Crippen MR) is 117 cm³/mol. The van der Waals surface area contributed by atoms with Gasteiger partial charge in [0.25, 0.3) is 0 Å². The number of ketones is 1. The summed E-state index contributed by atoms with van der Waals surface area (Å²) in [4.78, 5) is 16.3. The van der Waals surface area contributed by atoms with E-state index in [4.69, 9.17) is 9.47 Å². The van der Waals surface area contributed by atoms with Crippen molar-refractivity contribution in [3.8, 4) is 11.5 Å². The summed E-state index contributed by atoms with van der Waals surface area (Å²) in [6.45, 7) is 1.48. The van der Waals surface area contributed by atoms with Crippen LogP contribution in [0.3, 0.4) is 0 Å². The van der Waals surface area contributed by atoms with Crippen molar-refractivity contribution in [2.24, 2.45) is 0 Å². The first-order valence-electron chi connectivity index (χ1n) is 10.00. The van der Waals surface area contributed by atoms with Gasteiger partial charge in [0.15, 0.2) is 5.78 Å². The highest BCUT2D eigenvalue weighted by atomic mass is 16.5. The van der Waals surface area contributed by atoms with Gasteiger partial charge in [0.1, 0.15) is 11.5 Å². The number of carbonyl (C=O) groups is 1. The molecule has 4 rings (SSSR count). The highest BCUT2D eigenvalue weighted by molar-refractivity contribution is 6.04. The standard InChI is InChI=1S/C25H24N2O3/c1-29-23-7-4-19(5-8-23)3-6-20-15-22(28)16-21-17-24(9-10-25(20)21)30-14-2-12-27-13-11-26-18-27/h3-11,13,15,17-18H,2,12,14,16H2,1H3. The Hall–Kier alpha value is -3.60. The molecule has 1 heterocycles. The lowest BCUT2D eigenvalue weighted by atomic mass is 9.89. The van der Waals surface area contributed by atoms with E-state index < -0.39 is 0 Å². The Morgan fingerprint density at radius 3 is 2.70 bits per heavy atom. The van der Waals surface area contributed by atoms with Gasteiger partial charge in [0.05, 0.1) is 20.0 Å². The molecule has 0 radical (unpaired) electrons. The van der Waals surface area contributed by atoms with Crippen molar-refractivity contribution in [2.75, 3.05) is 13.7 Å². The number of hydrogen-bond acceptors (Lipinski definition) is 4. The summed E-state index contributed by atoms with van der Waals surface area (Å²) >= 11 is 0. The van der Waals surface area contributed by atoms with Crippen LogP contribution in [0.2, 0.25) is 0 Å². The van der Waals surface area contributed by atoms with E-state index in [9.17, 15) is 4.79 Å².